The Morgan fingerprint density at radius 3 is 2.33 bits per heavy atom. The van der Waals surface area contributed by atoms with Gasteiger partial charge in [0.1, 0.15) is 34.6 Å². The minimum Gasteiger partial charge on any atom is -0.391 e. The molecule has 5 aromatic rings. The zero-order valence-electron chi connectivity index (χ0n) is 37.6. The summed E-state index contributed by atoms with van der Waals surface area (Å²) < 4.78 is 8.44. The fourth-order valence-electron chi connectivity index (χ4n) is 8.68. The summed E-state index contributed by atoms with van der Waals surface area (Å²) >= 11 is 3.33. The van der Waals surface area contributed by atoms with Crippen molar-refractivity contribution in [1.29, 1.82) is 0 Å². The summed E-state index contributed by atoms with van der Waals surface area (Å²) in [5.74, 6) is 0.630. The van der Waals surface area contributed by atoms with Gasteiger partial charge in [-0.05, 0) is 94.9 Å². The van der Waals surface area contributed by atoms with Crippen molar-refractivity contribution in [3.8, 4) is 15.4 Å². The first-order valence-electron chi connectivity index (χ1n) is 21.9. The molecule has 1 saturated carbocycles. The third kappa shape index (κ3) is 8.89. The minimum absolute atomic E-state index is 0.00417. The highest BCUT2D eigenvalue weighted by Gasteiger charge is 2.54. The molecule has 63 heavy (non-hydrogen) atoms. The Balaban J connectivity index is 0.867. The van der Waals surface area contributed by atoms with Crippen LogP contribution in [0.15, 0.2) is 59.0 Å². The van der Waals surface area contributed by atoms with E-state index in [1.165, 1.54) is 15.3 Å². The normalized spacial score (nSPS) is 20.0. The van der Waals surface area contributed by atoms with E-state index in [1.807, 2.05) is 71.3 Å². The smallest absolute Gasteiger partial charge is 0.252 e. The first kappa shape index (κ1) is 44.5. The van der Waals surface area contributed by atoms with Gasteiger partial charge in [-0.15, -0.1) is 32.9 Å². The standard InChI is InChI=1S/C48H58N8O5S2/c1-26-30(5)63-45-38(26)39(50-29(4)42-54-53-31(6)56(42)45)34-14-12-32(13-15-34)11-10-22-61-48(20-21-48)46(60)52-41(47(7,8)9)44(59)55-24-36(57)23-37(55)43(58)51-27(2)33-16-18-35(19-17-33)40-28(3)49-25-62-40/h12-19,25,27,29,36-37,41,57H,10-11,20-24H2,1-9H3,(H,51,58)(H,52,60)/t27-,29-,36+,37-,41+/m0/s1. The van der Waals surface area contributed by atoms with E-state index in [2.05, 4.69) is 75.4 Å². The summed E-state index contributed by atoms with van der Waals surface area (Å²) in [7, 11) is 0. The minimum atomic E-state index is -0.997. The van der Waals surface area contributed by atoms with E-state index < -0.39 is 35.1 Å². The fourth-order valence-corrected chi connectivity index (χ4v) is 10.7. The van der Waals surface area contributed by atoms with Gasteiger partial charge in [-0.3, -0.25) is 23.9 Å². The number of nitrogens with one attached hydrogen (secondary N) is 2. The fraction of sp³-hybridized carbons (Fsp3) is 0.479. The third-order valence-corrected chi connectivity index (χ3v) is 14.9. The molecule has 0 unspecified atom stereocenters. The molecule has 1 aliphatic carbocycles. The Kier molecular flexibility index (Phi) is 12.3. The largest absolute Gasteiger partial charge is 0.391 e. The average molecular weight is 891 g/mol. The lowest BCUT2D eigenvalue weighted by molar-refractivity contribution is -0.147. The lowest BCUT2D eigenvalue weighted by Crippen LogP contribution is -2.59. The second kappa shape index (κ2) is 17.5. The number of amides is 3. The second-order valence-corrected chi connectivity index (χ2v) is 20.5. The first-order valence-corrected chi connectivity index (χ1v) is 23.6. The molecule has 5 heterocycles. The molecule has 15 heteroatoms. The maximum absolute atomic E-state index is 14.3. The number of likely N-dealkylation sites (tertiary alicyclic amines) is 1. The van der Waals surface area contributed by atoms with E-state index in [0.29, 0.717) is 25.9 Å². The summed E-state index contributed by atoms with van der Waals surface area (Å²) in [6.45, 7) is 18.3. The number of rotatable bonds is 13. The Morgan fingerprint density at radius 1 is 0.984 bits per heavy atom. The first-order chi connectivity index (χ1) is 30.0. The number of carbonyl (C=O) groups excluding carboxylic acids is 3. The Hall–Kier alpha value is -5.09. The number of ether oxygens (including phenoxy) is 1. The summed E-state index contributed by atoms with van der Waals surface area (Å²) in [6.07, 6.45) is 1.86. The third-order valence-electron chi connectivity index (χ3n) is 12.7. The zero-order valence-corrected chi connectivity index (χ0v) is 39.2. The van der Waals surface area contributed by atoms with Gasteiger partial charge in [0.05, 0.1) is 33.9 Å². The van der Waals surface area contributed by atoms with Crippen molar-refractivity contribution in [1.82, 2.24) is 35.3 Å². The number of hydrogen-bond acceptors (Lipinski definition) is 11. The molecule has 332 valence electrons. The maximum atomic E-state index is 14.3. The number of thiophene rings is 1. The van der Waals surface area contributed by atoms with Crippen LogP contribution in [0.5, 0.6) is 0 Å². The molecule has 2 aromatic carbocycles. The Morgan fingerprint density at radius 2 is 1.68 bits per heavy atom. The van der Waals surface area contributed by atoms with Crippen LogP contribution in [0.2, 0.25) is 0 Å². The van der Waals surface area contributed by atoms with E-state index >= 15 is 0 Å². The molecule has 2 fully saturated rings. The van der Waals surface area contributed by atoms with Crippen molar-refractivity contribution in [2.75, 3.05) is 13.2 Å². The number of fused-ring (bicyclic) bond motifs is 3. The van der Waals surface area contributed by atoms with Crippen LogP contribution in [0.25, 0.3) is 15.4 Å². The molecule has 8 rings (SSSR count). The van der Waals surface area contributed by atoms with Gasteiger partial charge >= 0.3 is 0 Å². The summed E-state index contributed by atoms with van der Waals surface area (Å²) in [5.41, 5.74) is 8.60. The van der Waals surface area contributed by atoms with Crippen molar-refractivity contribution in [2.45, 2.75) is 130 Å². The van der Waals surface area contributed by atoms with Gasteiger partial charge in [0.25, 0.3) is 5.91 Å². The number of hydrogen-bond donors (Lipinski definition) is 3. The lowest BCUT2D eigenvalue weighted by atomic mass is 9.85. The molecule has 3 N–H and O–H groups in total. The van der Waals surface area contributed by atoms with Crippen molar-refractivity contribution in [2.24, 2.45) is 10.4 Å². The molecule has 3 amide bonds. The number of aliphatic imine (C=N–C) groups is 1. The number of aryl methyl sites for hydroxylation is 4. The van der Waals surface area contributed by atoms with Gasteiger partial charge in [-0.1, -0.05) is 69.3 Å². The molecule has 0 radical (unpaired) electrons. The van der Waals surface area contributed by atoms with Crippen molar-refractivity contribution < 1.29 is 24.2 Å². The van der Waals surface area contributed by atoms with Crippen molar-refractivity contribution in [3.05, 3.63) is 104 Å². The molecule has 2 aliphatic heterocycles. The SMILES string of the molecule is Cc1ncsc1-c1ccc([C@H](C)NC(=O)[C@@H]2C[C@@H](O)CN2C(=O)[C@@H](NC(=O)C2(OCCCc3ccc(C4=N[C@@H](C)c5nnc(C)n5-c5sc(C)c(C)c54)cc3)CC2)C(C)(C)C)cc1. The molecule has 0 spiro atoms. The van der Waals surface area contributed by atoms with Gasteiger partial charge in [0, 0.05) is 35.6 Å². The van der Waals surface area contributed by atoms with Crippen LogP contribution in [-0.2, 0) is 25.5 Å². The monoisotopic (exact) mass is 890 g/mol. The van der Waals surface area contributed by atoms with Crippen LogP contribution >= 0.6 is 22.7 Å². The topological polar surface area (TPSA) is 164 Å². The van der Waals surface area contributed by atoms with Crippen LogP contribution < -0.4 is 10.6 Å². The lowest BCUT2D eigenvalue weighted by Gasteiger charge is -2.36. The van der Waals surface area contributed by atoms with Gasteiger partial charge in [-0.25, -0.2) is 4.98 Å². The van der Waals surface area contributed by atoms with Crippen LogP contribution in [0.3, 0.4) is 0 Å². The second-order valence-electron chi connectivity index (χ2n) is 18.5. The number of benzene rings is 2. The molecule has 5 atom stereocenters. The predicted octanol–water partition coefficient (Wildman–Crippen LogP) is 7.45. The highest BCUT2D eigenvalue weighted by Crippen LogP contribution is 2.41. The van der Waals surface area contributed by atoms with E-state index in [-0.39, 0.29) is 36.9 Å². The quantitative estimate of drug-likeness (QED) is 0.103. The molecule has 1 saturated heterocycles. The number of aromatic nitrogens is 4. The highest BCUT2D eigenvalue weighted by atomic mass is 32.1. The number of carbonyl (C=O) groups is 3. The number of aliphatic hydroxyl groups excluding tert-OH is 1. The van der Waals surface area contributed by atoms with Crippen LogP contribution in [-0.4, -0.2) is 90.1 Å². The van der Waals surface area contributed by atoms with Crippen LogP contribution in [0, 0.1) is 33.1 Å². The zero-order chi connectivity index (χ0) is 45.0. The van der Waals surface area contributed by atoms with E-state index in [0.717, 1.165) is 67.2 Å². The van der Waals surface area contributed by atoms with Gasteiger partial charge in [0.2, 0.25) is 11.8 Å². The molecule has 13 nitrogen and oxygen atoms in total. The van der Waals surface area contributed by atoms with Gasteiger partial charge < -0.3 is 25.4 Å². The van der Waals surface area contributed by atoms with Gasteiger partial charge in [0.15, 0.2) is 5.82 Å². The number of thiazole rings is 1. The number of aliphatic hydroxyl groups is 1. The van der Waals surface area contributed by atoms with Crippen molar-refractivity contribution >= 4 is 46.1 Å². The van der Waals surface area contributed by atoms with E-state index in [9.17, 15) is 19.5 Å². The number of nitrogens with zero attached hydrogens (tertiary/aromatic N) is 6. The molecular formula is C48H58N8O5S2. The predicted molar refractivity (Wildman–Crippen MR) is 247 cm³/mol. The Bertz CT molecular complexity index is 2550. The molecular weight excluding hydrogens is 833 g/mol. The number of β-amino-alcohol motifs (C(OH)–C–C–N with tert-alkyl or cyclic N) is 1. The molecule has 3 aliphatic rings. The van der Waals surface area contributed by atoms with Crippen molar-refractivity contribution in [3.63, 3.8) is 0 Å². The molecule has 3 aromatic heterocycles. The van der Waals surface area contributed by atoms with E-state index in [4.69, 9.17) is 9.73 Å². The van der Waals surface area contributed by atoms with Crippen LogP contribution in [0.4, 0.5) is 0 Å². The summed E-state index contributed by atoms with van der Waals surface area (Å²) in [6, 6.07) is 14.2. The maximum Gasteiger partial charge on any atom is 0.252 e. The summed E-state index contributed by atoms with van der Waals surface area (Å²) in [5, 5.41) is 26.8. The van der Waals surface area contributed by atoms with E-state index in [1.54, 1.807) is 22.7 Å². The summed E-state index contributed by atoms with van der Waals surface area (Å²) in [4.78, 5) is 55.3. The molecule has 0 bridgehead atoms. The highest BCUT2D eigenvalue weighted by molar-refractivity contribution is 7.15. The average Bonchev–Trinajstić information content (AvgIpc) is 3.43. The van der Waals surface area contributed by atoms with Gasteiger partial charge in [-0.2, -0.15) is 0 Å². The van der Waals surface area contributed by atoms with Crippen LogP contribution in [0.1, 0.15) is 122 Å². The Labute approximate surface area is 377 Å².